The maximum Gasteiger partial charge on any atom is 0.308 e. The average molecular weight is 371 g/mol. The van der Waals surface area contributed by atoms with Crippen molar-refractivity contribution in [3.8, 4) is 0 Å². The number of ether oxygens (including phenoxy) is 1. The summed E-state index contributed by atoms with van der Waals surface area (Å²) in [6, 6.07) is 8.55. The van der Waals surface area contributed by atoms with Gasteiger partial charge in [0.25, 0.3) is 0 Å². The highest BCUT2D eigenvalue weighted by molar-refractivity contribution is 5.77. The highest BCUT2D eigenvalue weighted by Gasteiger charge is 2.39. The van der Waals surface area contributed by atoms with Crippen molar-refractivity contribution < 1.29 is 14.6 Å². The molecule has 1 saturated heterocycles. The van der Waals surface area contributed by atoms with E-state index >= 15 is 0 Å². The molecule has 6 heteroatoms. The van der Waals surface area contributed by atoms with Gasteiger partial charge < -0.3 is 9.84 Å². The summed E-state index contributed by atoms with van der Waals surface area (Å²) < 4.78 is 7.22. The van der Waals surface area contributed by atoms with Gasteiger partial charge in [-0.25, -0.2) is 0 Å². The van der Waals surface area contributed by atoms with E-state index in [4.69, 9.17) is 9.84 Å². The van der Waals surface area contributed by atoms with Crippen LogP contribution in [0.5, 0.6) is 0 Å². The van der Waals surface area contributed by atoms with Crippen molar-refractivity contribution in [2.75, 3.05) is 26.2 Å². The number of carbonyl (C=O) groups excluding carboxylic acids is 1. The molecule has 0 amide bonds. The summed E-state index contributed by atoms with van der Waals surface area (Å²) >= 11 is 0. The summed E-state index contributed by atoms with van der Waals surface area (Å²) in [6.45, 7) is 4.84. The van der Waals surface area contributed by atoms with E-state index in [0.717, 1.165) is 37.9 Å². The molecule has 1 aromatic carbocycles. The number of hydrogen-bond donors (Lipinski definition) is 1. The molecule has 1 aromatic heterocycles. The lowest BCUT2D eigenvalue weighted by atomic mass is 9.78. The van der Waals surface area contributed by atoms with Crippen LogP contribution < -0.4 is 0 Å². The molecule has 0 bridgehead atoms. The van der Waals surface area contributed by atoms with Crippen LogP contribution in [0, 0.1) is 5.92 Å². The molecule has 1 unspecified atom stereocenters. The smallest absolute Gasteiger partial charge is 0.308 e. The van der Waals surface area contributed by atoms with Crippen molar-refractivity contribution >= 4 is 16.9 Å². The second kappa shape index (κ2) is 7.60. The maximum absolute atomic E-state index is 11.9. The van der Waals surface area contributed by atoms with Gasteiger partial charge in [0.15, 0.2) is 0 Å². The number of benzene rings is 1. The fourth-order valence-corrected chi connectivity index (χ4v) is 4.57. The van der Waals surface area contributed by atoms with Crippen LogP contribution in [0.4, 0.5) is 0 Å². The fourth-order valence-electron chi connectivity index (χ4n) is 4.57. The lowest BCUT2D eigenvalue weighted by Gasteiger charge is -2.37. The van der Waals surface area contributed by atoms with Gasteiger partial charge in [-0.1, -0.05) is 18.2 Å². The molecule has 1 N–H and O–H groups in total. The molecule has 1 aliphatic heterocycles. The molecule has 1 atom stereocenters. The standard InChI is InChI=1S/C21H29N3O3/c1-2-27-20(25)16-7-10-21(26,11-8-16)15-23-12-9-18(14-23)24-13-17-5-3-4-6-19(17)22-24/h3-6,13,16,18,26H,2,7-12,14-15H2,1H3. The number of carbonyl (C=O) groups is 1. The lowest BCUT2D eigenvalue weighted by molar-refractivity contribution is -0.151. The number of hydrogen-bond acceptors (Lipinski definition) is 5. The molecule has 2 heterocycles. The van der Waals surface area contributed by atoms with Crippen molar-refractivity contribution in [3.05, 3.63) is 30.5 Å². The van der Waals surface area contributed by atoms with Crippen molar-refractivity contribution in [1.82, 2.24) is 14.7 Å². The second-order valence-corrected chi connectivity index (χ2v) is 8.10. The minimum atomic E-state index is -0.688. The van der Waals surface area contributed by atoms with Crippen LogP contribution in [0.15, 0.2) is 30.5 Å². The fraction of sp³-hybridized carbons (Fsp3) is 0.619. The first-order valence-corrected chi connectivity index (χ1v) is 10.1. The topological polar surface area (TPSA) is 67.6 Å². The summed E-state index contributed by atoms with van der Waals surface area (Å²) in [4.78, 5) is 14.3. The number of nitrogens with zero attached hydrogens (tertiary/aromatic N) is 3. The third kappa shape index (κ3) is 4.01. The number of esters is 1. The first-order chi connectivity index (χ1) is 13.1. The molecule has 27 heavy (non-hydrogen) atoms. The molecule has 4 rings (SSSR count). The molecule has 146 valence electrons. The average Bonchev–Trinajstić information content (AvgIpc) is 3.28. The van der Waals surface area contributed by atoms with E-state index in [1.807, 2.05) is 25.1 Å². The zero-order valence-corrected chi connectivity index (χ0v) is 16.0. The largest absolute Gasteiger partial charge is 0.466 e. The Labute approximate surface area is 160 Å². The van der Waals surface area contributed by atoms with Gasteiger partial charge in [-0.05, 0) is 45.1 Å². The van der Waals surface area contributed by atoms with Gasteiger partial charge in [0.2, 0.25) is 0 Å². The van der Waals surface area contributed by atoms with Crippen LogP contribution >= 0.6 is 0 Å². The Morgan fingerprint density at radius 1 is 1.30 bits per heavy atom. The Bertz CT molecular complexity index is 762. The minimum Gasteiger partial charge on any atom is -0.466 e. The molecule has 2 fully saturated rings. The Hall–Kier alpha value is -1.92. The third-order valence-corrected chi connectivity index (χ3v) is 6.11. The zero-order valence-electron chi connectivity index (χ0n) is 16.0. The van der Waals surface area contributed by atoms with E-state index in [1.54, 1.807) is 0 Å². The number of likely N-dealkylation sites (tertiary alicyclic amines) is 1. The van der Waals surface area contributed by atoms with E-state index in [0.29, 0.717) is 32.0 Å². The molecule has 2 aromatic rings. The first kappa shape index (κ1) is 18.4. The van der Waals surface area contributed by atoms with Crippen LogP contribution in [-0.2, 0) is 9.53 Å². The summed E-state index contributed by atoms with van der Waals surface area (Å²) in [6.07, 6.45) is 5.96. The molecule has 0 spiro atoms. The Morgan fingerprint density at radius 2 is 2.07 bits per heavy atom. The molecular formula is C21H29N3O3. The predicted octanol–water partition coefficient (Wildman–Crippen LogP) is 2.77. The quantitative estimate of drug-likeness (QED) is 0.819. The summed E-state index contributed by atoms with van der Waals surface area (Å²) in [5.74, 6) is -0.153. The SMILES string of the molecule is CCOC(=O)C1CCC(O)(CN2CCC(n3cc4ccccc4n3)C2)CC1. The molecular weight excluding hydrogens is 342 g/mol. The summed E-state index contributed by atoms with van der Waals surface area (Å²) in [7, 11) is 0. The van der Waals surface area contributed by atoms with Crippen LogP contribution in [-0.4, -0.2) is 57.6 Å². The van der Waals surface area contributed by atoms with Crippen LogP contribution in [0.1, 0.15) is 45.1 Å². The van der Waals surface area contributed by atoms with Gasteiger partial charge >= 0.3 is 5.97 Å². The van der Waals surface area contributed by atoms with Crippen molar-refractivity contribution in [1.29, 1.82) is 0 Å². The van der Waals surface area contributed by atoms with Gasteiger partial charge in [0.1, 0.15) is 0 Å². The Kier molecular flexibility index (Phi) is 5.19. The van der Waals surface area contributed by atoms with Crippen molar-refractivity contribution in [3.63, 3.8) is 0 Å². The van der Waals surface area contributed by atoms with E-state index in [-0.39, 0.29) is 11.9 Å². The summed E-state index contributed by atoms with van der Waals surface area (Å²) in [5.41, 5.74) is 0.346. The molecule has 6 nitrogen and oxygen atoms in total. The minimum absolute atomic E-state index is 0.0481. The van der Waals surface area contributed by atoms with Gasteiger partial charge in [-0.3, -0.25) is 14.4 Å². The maximum atomic E-state index is 11.9. The monoisotopic (exact) mass is 371 g/mol. The number of fused-ring (bicyclic) bond motifs is 1. The van der Waals surface area contributed by atoms with Crippen molar-refractivity contribution in [2.45, 2.75) is 50.7 Å². The van der Waals surface area contributed by atoms with Crippen LogP contribution in [0.2, 0.25) is 0 Å². The first-order valence-electron chi connectivity index (χ1n) is 10.1. The third-order valence-electron chi connectivity index (χ3n) is 6.11. The highest BCUT2D eigenvalue weighted by Crippen LogP contribution is 2.35. The molecule has 0 radical (unpaired) electrons. The van der Waals surface area contributed by atoms with E-state index in [1.165, 1.54) is 5.39 Å². The number of aliphatic hydroxyl groups is 1. The van der Waals surface area contributed by atoms with E-state index < -0.39 is 5.60 Å². The highest BCUT2D eigenvalue weighted by atomic mass is 16.5. The normalized spacial score (nSPS) is 29.3. The lowest BCUT2D eigenvalue weighted by Crippen LogP contribution is -2.45. The van der Waals surface area contributed by atoms with Crippen LogP contribution in [0.25, 0.3) is 10.9 Å². The van der Waals surface area contributed by atoms with Gasteiger partial charge in [0.05, 0.1) is 29.7 Å². The van der Waals surface area contributed by atoms with Crippen molar-refractivity contribution in [2.24, 2.45) is 5.92 Å². The number of aromatic nitrogens is 2. The Morgan fingerprint density at radius 3 is 2.81 bits per heavy atom. The number of β-amino-alcohol motifs (C(OH)–C–C–N with tert-alkyl or cyclic N) is 1. The molecule has 1 saturated carbocycles. The second-order valence-electron chi connectivity index (χ2n) is 8.10. The van der Waals surface area contributed by atoms with Gasteiger partial charge in [-0.15, -0.1) is 0 Å². The van der Waals surface area contributed by atoms with Gasteiger partial charge in [-0.2, -0.15) is 5.10 Å². The van der Waals surface area contributed by atoms with E-state index in [2.05, 4.69) is 21.8 Å². The number of rotatable bonds is 5. The van der Waals surface area contributed by atoms with Gasteiger partial charge in [0, 0.05) is 31.2 Å². The predicted molar refractivity (Wildman–Crippen MR) is 103 cm³/mol. The molecule has 1 aliphatic carbocycles. The zero-order chi connectivity index (χ0) is 18.9. The molecule has 2 aliphatic rings. The summed E-state index contributed by atoms with van der Waals surface area (Å²) in [5, 5.41) is 16.9. The van der Waals surface area contributed by atoms with Crippen LogP contribution in [0.3, 0.4) is 0 Å². The Balaban J connectivity index is 1.32. The van der Waals surface area contributed by atoms with E-state index in [9.17, 15) is 9.90 Å².